The summed E-state index contributed by atoms with van der Waals surface area (Å²) in [7, 11) is 1.78. The minimum Gasteiger partial charge on any atom is -0.337 e. The highest BCUT2D eigenvalue weighted by molar-refractivity contribution is 8.00. The molecule has 128 valence electrons. The highest BCUT2D eigenvalue weighted by Gasteiger charge is 2.22. The Hall–Kier alpha value is -2.73. The number of aromatic nitrogens is 2. The van der Waals surface area contributed by atoms with Crippen molar-refractivity contribution in [1.82, 2.24) is 9.66 Å². The molecule has 3 aromatic rings. The van der Waals surface area contributed by atoms with Crippen molar-refractivity contribution in [2.75, 3.05) is 17.8 Å². The average Bonchev–Trinajstić information content (AvgIpc) is 3.02. The lowest BCUT2D eigenvalue weighted by atomic mass is 10.2. The van der Waals surface area contributed by atoms with Crippen LogP contribution in [0.2, 0.25) is 0 Å². The summed E-state index contributed by atoms with van der Waals surface area (Å²) < 4.78 is 1.47. The molecule has 6 heteroatoms. The number of nitrogen functional groups attached to an aromatic ring is 1. The standard InChI is InChI=1S/C19H20N4OS/c1-14(18(24)22(2)16-11-7-4-8-12-16)25-19-21-17(13-23(19)20)15-9-5-3-6-10-15/h3-14H,20H2,1-2H3/t14-/m0/s1. The number of carbonyl (C=O) groups excluding carboxylic acids is 1. The van der Waals surface area contributed by atoms with Crippen LogP contribution < -0.4 is 10.7 Å². The lowest BCUT2D eigenvalue weighted by molar-refractivity contribution is -0.117. The quantitative estimate of drug-likeness (QED) is 0.564. The Kier molecular flexibility index (Phi) is 5.09. The van der Waals surface area contributed by atoms with Crippen molar-refractivity contribution in [3.63, 3.8) is 0 Å². The van der Waals surface area contributed by atoms with E-state index in [0.717, 1.165) is 16.9 Å². The predicted molar refractivity (Wildman–Crippen MR) is 103 cm³/mol. The van der Waals surface area contributed by atoms with Gasteiger partial charge in [-0.1, -0.05) is 60.3 Å². The second kappa shape index (κ2) is 7.44. The molecule has 1 aromatic heterocycles. The van der Waals surface area contributed by atoms with E-state index in [1.165, 1.54) is 16.4 Å². The molecule has 2 aromatic carbocycles. The number of para-hydroxylation sites is 1. The lowest BCUT2D eigenvalue weighted by Crippen LogP contribution is -2.33. The molecule has 0 aliphatic rings. The molecule has 0 aliphatic carbocycles. The summed E-state index contributed by atoms with van der Waals surface area (Å²) >= 11 is 1.35. The molecule has 0 saturated carbocycles. The number of anilines is 1. The Balaban J connectivity index is 1.74. The van der Waals surface area contributed by atoms with E-state index in [4.69, 9.17) is 5.84 Å². The van der Waals surface area contributed by atoms with Crippen molar-refractivity contribution in [2.45, 2.75) is 17.3 Å². The van der Waals surface area contributed by atoms with Crippen molar-refractivity contribution in [2.24, 2.45) is 0 Å². The van der Waals surface area contributed by atoms with Gasteiger partial charge in [0.1, 0.15) is 0 Å². The zero-order chi connectivity index (χ0) is 17.8. The highest BCUT2D eigenvalue weighted by Crippen LogP contribution is 2.27. The number of benzene rings is 2. The number of rotatable bonds is 5. The van der Waals surface area contributed by atoms with Crippen LogP contribution in [-0.4, -0.2) is 27.9 Å². The topological polar surface area (TPSA) is 64.2 Å². The number of nitrogens with zero attached hydrogens (tertiary/aromatic N) is 3. The van der Waals surface area contributed by atoms with E-state index in [1.807, 2.05) is 67.6 Å². The maximum absolute atomic E-state index is 12.7. The van der Waals surface area contributed by atoms with E-state index in [-0.39, 0.29) is 11.2 Å². The number of hydrogen-bond acceptors (Lipinski definition) is 4. The van der Waals surface area contributed by atoms with Crippen LogP contribution in [0.15, 0.2) is 72.0 Å². The molecule has 1 amide bonds. The first-order valence-corrected chi connectivity index (χ1v) is 8.83. The van der Waals surface area contributed by atoms with Gasteiger partial charge in [0.05, 0.1) is 17.1 Å². The molecule has 1 heterocycles. The minimum atomic E-state index is -0.307. The van der Waals surface area contributed by atoms with Crippen LogP contribution in [0.3, 0.4) is 0 Å². The predicted octanol–water partition coefficient (Wildman–Crippen LogP) is 3.41. The van der Waals surface area contributed by atoms with Crippen molar-refractivity contribution < 1.29 is 4.79 Å². The normalized spacial score (nSPS) is 11.9. The van der Waals surface area contributed by atoms with E-state index < -0.39 is 0 Å². The van der Waals surface area contributed by atoms with Gasteiger partial charge < -0.3 is 10.7 Å². The molecule has 0 unspecified atom stereocenters. The first-order chi connectivity index (χ1) is 12.1. The zero-order valence-electron chi connectivity index (χ0n) is 14.2. The number of hydrogen-bond donors (Lipinski definition) is 1. The third-order valence-electron chi connectivity index (χ3n) is 3.87. The summed E-state index contributed by atoms with van der Waals surface area (Å²) in [5.74, 6) is 6.02. The van der Waals surface area contributed by atoms with Crippen molar-refractivity contribution in [1.29, 1.82) is 0 Å². The van der Waals surface area contributed by atoms with Gasteiger partial charge in [-0.3, -0.25) is 4.79 Å². The summed E-state index contributed by atoms with van der Waals surface area (Å²) in [5.41, 5.74) is 2.65. The molecule has 0 radical (unpaired) electrons. The average molecular weight is 352 g/mol. The summed E-state index contributed by atoms with van der Waals surface area (Å²) in [4.78, 5) is 18.9. The van der Waals surface area contributed by atoms with E-state index >= 15 is 0 Å². The third kappa shape index (κ3) is 3.85. The molecule has 1 atom stereocenters. The molecule has 0 bridgehead atoms. The van der Waals surface area contributed by atoms with E-state index in [1.54, 1.807) is 18.1 Å². The molecular formula is C19H20N4OS. The Morgan fingerprint density at radius 2 is 1.72 bits per heavy atom. The second-order valence-corrected chi connectivity index (χ2v) is 6.98. The van der Waals surface area contributed by atoms with Gasteiger partial charge in [-0.2, -0.15) is 0 Å². The van der Waals surface area contributed by atoms with Crippen LogP contribution in [0.25, 0.3) is 11.3 Å². The SMILES string of the molecule is C[C@H](Sc1nc(-c2ccccc2)cn1N)C(=O)N(C)c1ccccc1. The summed E-state index contributed by atoms with van der Waals surface area (Å²) in [5, 5.41) is 0.305. The Labute approximate surface area is 151 Å². The summed E-state index contributed by atoms with van der Waals surface area (Å²) in [6, 6.07) is 19.4. The smallest absolute Gasteiger partial charge is 0.240 e. The number of carbonyl (C=O) groups is 1. The van der Waals surface area contributed by atoms with Gasteiger partial charge in [0, 0.05) is 18.3 Å². The van der Waals surface area contributed by atoms with Gasteiger partial charge in [0.15, 0.2) is 5.16 Å². The number of nitrogens with two attached hydrogens (primary N) is 1. The number of imidazole rings is 1. The maximum Gasteiger partial charge on any atom is 0.240 e. The minimum absolute atomic E-state index is 0.000427. The molecular weight excluding hydrogens is 332 g/mol. The van der Waals surface area contributed by atoms with Crippen LogP contribution >= 0.6 is 11.8 Å². The van der Waals surface area contributed by atoms with Crippen LogP contribution in [0.1, 0.15) is 6.92 Å². The second-order valence-electron chi connectivity index (χ2n) is 5.67. The fraction of sp³-hybridized carbons (Fsp3) is 0.158. The van der Waals surface area contributed by atoms with Crippen LogP contribution in [0.4, 0.5) is 5.69 Å². The molecule has 0 saturated heterocycles. The highest BCUT2D eigenvalue weighted by atomic mass is 32.2. The lowest BCUT2D eigenvalue weighted by Gasteiger charge is -2.20. The fourth-order valence-electron chi connectivity index (χ4n) is 2.47. The van der Waals surface area contributed by atoms with E-state index in [0.29, 0.717) is 5.16 Å². The molecule has 25 heavy (non-hydrogen) atoms. The van der Waals surface area contributed by atoms with Gasteiger partial charge in [0.25, 0.3) is 0 Å². The maximum atomic E-state index is 12.7. The first-order valence-electron chi connectivity index (χ1n) is 7.95. The van der Waals surface area contributed by atoms with Gasteiger partial charge in [-0.15, -0.1) is 0 Å². The van der Waals surface area contributed by atoms with Crippen molar-refractivity contribution >= 4 is 23.4 Å². The van der Waals surface area contributed by atoms with Gasteiger partial charge in [-0.05, 0) is 19.1 Å². The Bertz CT molecular complexity index is 848. The van der Waals surface area contributed by atoms with Gasteiger partial charge in [-0.25, -0.2) is 9.66 Å². The monoisotopic (exact) mass is 352 g/mol. The molecule has 0 fully saturated rings. The molecule has 2 N–H and O–H groups in total. The Morgan fingerprint density at radius 1 is 1.12 bits per heavy atom. The van der Waals surface area contributed by atoms with Crippen LogP contribution in [0.5, 0.6) is 0 Å². The molecule has 0 spiro atoms. The molecule has 5 nitrogen and oxygen atoms in total. The number of amides is 1. The first kappa shape index (κ1) is 17.1. The fourth-order valence-corrected chi connectivity index (χ4v) is 3.37. The van der Waals surface area contributed by atoms with Crippen LogP contribution in [0, 0.1) is 0 Å². The van der Waals surface area contributed by atoms with Crippen LogP contribution in [-0.2, 0) is 4.79 Å². The van der Waals surface area contributed by atoms with Gasteiger partial charge >= 0.3 is 0 Å². The van der Waals surface area contributed by atoms with E-state index in [9.17, 15) is 4.79 Å². The summed E-state index contributed by atoms with van der Waals surface area (Å²) in [6.07, 6.45) is 1.77. The number of thioether (sulfide) groups is 1. The molecule has 0 aliphatic heterocycles. The zero-order valence-corrected chi connectivity index (χ0v) is 15.0. The molecule has 3 rings (SSSR count). The van der Waals surface area contributed by atoms with Gasteiger partial charge in [0.2, 0.25) is 5.91 Å². The van der Waals surface area contributed by atoms with E-state index in [2.05, 4.69) is 4.98 Å². The van der Waals surface area contributed by atoms with Crippen molar-refractivity contribution in [3.8, 4) is 11.3 Å². The third-order valence-corrected chi connectivity index (χ3v) is 4.94. The Morgan fingerprint density at radius 3 is 2.36 bits per heavy atom. The van der Waals surface area contributed by atoms with Crippen molar-refractivity contribution in [3.05, 3.63) is 66.9 Å². The largest absolute Gasteiger partial charge is 0.337 e. The summed E-state index contributed by atoms with van der Waals surface area (Å²) in [6.45, 7) is 1.86.